The molecule has 0 saturated heterocycles. The Hall–Kier alpha value is -1.08. The van der Waals surface area contributed by atoms with Gasteiger partial charge < -0.3 is 5.32 Å². The Morgan fingerprint density at radius 2 is 2.00 bits per heavy atom. The van der Waals surface area contributed by atoms with Crippen LogP contribution in [0.15, 0.2) is 18.2 Å². The Morgan fingerprint density at radius 3 is 2.50 bits per heavy atom. The molecule has 1 N–H and O–H groups in total. The van der Waals surface area contributed by atoms with E-state index in [2.05, 4.69) is 5.32 Å². The number of benzene rings is 1. The van der Waals surface area contributed by atoms with Crippen LogP contribution in [-0.4, -0.2) is 28.2 Å². The van der Waals surface area contributed by atoms with Crippen LogP contribution in [0.1, 0.15) is 22.8 Å². The first kappa shape index (κ1) is 17.0. The van der Waals surface area contributed by atoms with Gasteiger partial charge in [0.2, 0.25) is 0 Å². The van der Waals surface area contributed by atoms with Crippen LogP contribution in [0.2, 0.25) is 5.02 Å². The summed E-state index contributed by atoms with van der Waals surface area (Å²) in [4.78, 5) is 11.8. The normalized spacial score (nSPS) is 14.7. The molecule has 1 aromatic rings. The molecule has 0 aliphatic carbocycles. The van der Waals surface area contributed by atoms with Crippen molar-refractivity contribution in [3.05, 3.63) is 34.3 Å². The fourth-order valence-corrected chi connectivity index (χ4v) is 2.61. The summed E-state index contributed by atoms with van der Waals surface area (Å²) in [5.41, 5.74) is -1.17. The molecule has 20 heavy (non-hydrogen) atoms. The van der Waals surface area contributed by atoms with Crippen LogP contribution < -0.4 is 5.32 Å². The zero-order chi connectivity index (χ0) is 15.5. The van der Waals surface area contributed by atoms with E-state index >= 15 is 0 Å². The number of alkyl halides is 3. The zero-order valence-electron chi connectivity index (χ0n) is 10.8. The fraction of sp³-hybridized carbons (Fsp3) is 0.417. The Bertz CT molecular complexity index is 534. The second kappa shape index (κ2) is 6.58. The van der Waals surface area contributed by atoms with Gasteiger partial charge in [0, 0.05) is 39.4 Å². The van der Waals surface area contributed by atoms with E-state index in [9.17, 15) is 22.2 Å². The second-order valence-corrected chi connectivity index (χ2v) is 6.26. The lowest BCUT2D eigenvalue weighted by Gasteiger charge is -2.14. The number of carbonyl (C=O) groups excluding carboxylic acids is 1. The molecule has 0 fully saturated rings. The molecule has 0 bridgehead atoms. The number of hydrogen-bond donors (Lipinski definition) is 1. The van der Waals surface area contributed by atoms with Crippen molar-refractivity contribution in [1.29, 1.82) is 0 Å². The van der Waals surface area contributed by atoms with Crippen LogP contribution in [0.5, 0.6) is 0 Å². The summed E-state index contributed by atoms with van der Waals surface area (Å²) in [6, 6.07) is 2.23. The maximum atomic E-state index is 12.6. The molecule has 0 saturated carbocycles. The van der Waals surface area contributed by atoms with Gasteiger partial charge in [-0.25, -0.2) is 0 Å². The number of hydrogen-bond acceptors (Lipinski definition) is 2. The summed E-state index contributed by atoms with van der Waals surface area (Å²) in [5, 5.41) is 2.31. The first-order valence-electron chi connectivity index (χ1n) is 5.58. The standard InChI is InChI=1S/C12H13ClF3NO2S/c1-7(6-20(2)19)17-11(18)8-3-9(12(14,15)16)5-10(13)4-8/h3-5,7H,6H2,1-2H3,(H,17,18). The van der Waals surface area contributed by atoms with Crippen molar-refractivity contribution in [2.75, 3.05) is 12.0 Å². The largest absolute Gasteiger partial charge is 0.416 e. The Kier molecular flexibility index (Phi) is 5.59. The van der Waals surface area contributed by atoms with Crippen LogP contribution in [0.25, 0.3) is 0 Å². The van der Waals surface area contributed by atoms with Gasteiger partial charge in [-0.1, -0.05) is 11.6 Å². The number of halogens is 4. The average molecular weight is 328 g/mol. The van der Waals surface area contributed by atoms with Gasteiger partial charge in [0.1, 0.15) is 0 Å². The second-order valence-electron chi connectivity index (χ2n) is 4.34. The van der Waals surface area contributed by atoms with Gasteiger partial charge in [-0.05, 0) is 25.1 Å². The van der Waals surface area contributed by atoms with Crippen molar-refractivity contribution in [3.8, 4) is 0 Å². The highest BCUT2D eigenvalue weighted by atomic mass is 35.5. The van der Waals surface area contributed by atoms with E-state index in [1.807, 2.05) is 0 Å². The minimum Gasteiger partial charge on any atom is -0.349 e. The maximum Gasteiger partial charge on any atom is 0.416 e. The smallest absolute Gasteiger partial charge is 0.349 e. The van der Waals surface area contributed by atoms with E-state index in [1.165, 1.54) is 6.26 Å². The molecule has 1 rings (SSSR count). The van der Waals surface area contributed by atoms with Crippen molar-refractivity contribution >= 4 is 28.3 Å². The average Bonchev–Trinajstić information content (AvgIpc) is 2.25. The molecule has 0 aromatic heterocycles. The lowest BCUT2D eigenvalue weighted by atomic mass is 10.1. The number of nitrogens with one attached hydrogen (secondary N) is 1. The third-order valence-corrected chi connectivity index (χ3v) is 3.54. The van der Waals surface area contributed by atoms with Gasteiger partial charge in [-0.3, -0.25) is 9.00 Å². The lowest BCUT2D eigenvalue weighted by Crippen LogP contribution is -2.36. The predicted octanol–water partition coefficient (Wildman–Crippen LogP) is 2.86. The summed E-state index contributed by atoms with van der Waals surface area (Å²) in [7, 11) is -1.11. The molecular formula is C12H13ClF3NO2S. The molecule has 0 heterocycles. The van der Waals surface area contributed by atoms with E-state index in [0.717, 1.165) is 18.2 Å². The van der Waals surface area contributed by atoms with Crippen molar-refractivity contribution < 1.29 is 22.2 Å². The monoisotopic (exact) mass is 327 g/mol. The third kappa shape index (κ3) is 5.13. The van der Waals surface area contributed by atoms with Crippen molar-refractivity contribution in [1.82, 2.24) is 5.32 Å². The lowest BCUT2D eigenvalue weighted by molar-refractivity contribution is -0.137. The Labute approximate surface area is 122 Å². The molecule has 0 radical (unpaired) electrons. The fourth-order valence-electron chi connectivity index (χ4n) is 1.59. The summed E-state index contributed by atoms with van der Waals surface area (Å²) in [5.74, 6) is -0.464. The van der Waals surface area contributed by atoms with Crippen molar-refractivity contribution in [2.24, 2.45) is 0 Å². The molecule has 3 nitrogen and oxygen atoms in total. The highest BCUT2D eigenvalue weighted by Crippen LogP contribution is 2.31. The van der Waals surface area contributed by atoms with Crippen LogP contribution in [0.4, 0.5) is 13.2 Å². The molecule has 0 aliphatic rings. The summed E-state index contributed by atoms with van der Waals surface area (Å²) < 4.78 is 48.8. The molecular weight excluding hydrogens is 315 g/mol. The first-order chi connectivity index (χ1) is 9.09. The third-order valence-electron chi connectivity index (χ3n) is 2.35. The zero-order valence-corrected chi connectivity index (χ0v) is 12.3. The van der Waals surface area contributed by atoms with Gasteiger partial charge >= 0.3 is 6.18 Å². The first-order valence-corrected chi connectivity index (χ1v) is 7.69. The summed E-state index contributed by atoms with van der Waals surface area (Å²) in [6.07, 6.45) is -3.10. The van der Waals surface area contributed by atoms with E-state index < -0.39 is 34.5 Å². The molecule has 1 aromatic carbocycles. The Morgan fingerprint density at radius 1 is 1.40 bits per heavy atom. The minimum absolute atomic E-state index is 0.170. The number of carbonyl (C=O) groups is 1. The molecule has 0 aliphatic heterocycles. The van der Waals surface area contributed by atoms with Gasteiger partial charge in [0.05, 0.1) is 5.56 Å². The SMILES string of the molecule is CC(CS(C)=O)NC(=O)c1cc(Cl)cc(C(F)(F)F)c1. The molecule has 0 spiro atoms. The topological polar surface area (TPSA) is 46.2 Å². The van der Waals surface area contributed by atoms with Gasteiger partial charge in [-0.2, -0.15) is 13.2 Å². The number of amides is 1. The van der Waals surface area contributed by atoms with Crippen LogP contribution in [0, 0.1) is 0 Å². The summed E-state index contributed by atoms with van der Waals surface area (Å²) >= 11 is 5.59. The van der Waals surface area contributed by atoms with E-state index in [4.69, 9.17) is 11.6 Å². The van der Waals surface area contributed by atoms with E-state index in [-0.39, 0.29) is 16.3 Å². The van der Waals surface area contributed by atoms with Crippen molar-refractivity contribution in [2.45, 2.75) is 19.1 Å². The quantitative estimate of drug-likeness (QED) is 0.924. The van der Waals surface area contributed by atoms with Gasteiger partial charge in [0.25, 0.3) is 5.91 Å². The van der Waals surface area contributed by atoms with Crippen LogP contribution >= 0.6 is 11.6 Å². The van der Waals surface area contributed by atoms with Gasteiger partial charge in [-0.15, -0.1) is 0 Å². The number of rotatable bonds is 4. The Balaban J connectivity index is 2.93. The van der Waals surface area contributed by atoms with Crippen LogP contribution in [-0.2, 0) is 17.0 Å². The van der Waals surface area contributed by atoms with Gasteiger partial charge in [0.15, 0.2) is 0 Å². The van der Waals surface area contributed by atoms with Crippen LogP contribution in [0.3, 0.4) is 0 Å². The highest BCUT2D eigenvalue weighted by molar-refractivity contribution is 7.84. The highest BCUT2D eigenvalue weighted by Gasteiger charge is 2.31. The van der Waals surface area contributed by atoms with Crippen molar-refractivity contribution in [3.63, 3.8) is 0 Å². The van der Waals surface area contributed by atoms with E-state index in [0.29, 0.717) is 0 Å². The molecule has 112 valence electrons. The maximum absolute atomic E-state index is 12.6. The van der Waals surface area contributed by atoms with E-state index in [1.54, 1.807) is 6.92 Å². The minimum atomic E-state index is -4.57. The predicted molar refractivity (Wildman–Crippen MR) is 72.3 cm³/mol. The molecule has 2 atom stereocenters. The molecule has 1 amide bonds. The molecule has 2 unspecified atom stereocenters. The molecule has 8 heteroatoms. The summed E-state index contributed by atoms with van der Waals surface area (Å²) in [6.45, 7) is 1.62.